The fourth-order valence-electron chi connectivity index (χ4n) is 1.38. The summed E-state index contributed by atoms with van der Waals surface area (Å²) >= 11 is 5.51. The number of hydrogen-bond acceptors (Lipinski definition) is 6. The van der Waals surface area contributed by atoms with Crippen LogP contribution in [-0.4, -0.2) is 36.6 Å². The second-order valence-corrected chi connectivity index (χ2v) is 6.43. The summed E-state index contributed by atoms with van der Waals surface area (Å²) < 4.78 is 29.3. The molecular formula is C10H13ClN2O5S. The van der Waals surface area contributed by atoms with E-state index in [9.17, 15) is 18.5 Å². The zero-order valence-corrected chi connectivity index (χ0v) is 11.9. The van der Waals surface area contributed by atoms with Gasteiger partial charge in [-0.1, -0.05) is 0 Å². The van der Waals surface area contributed by atoms with E-state index in [0.717, 1.165) is 6.07 Å². The molecule has 1 rings (SSSR count). The Morgan fingerprint density at radius 3 is 2.63 bits per heavy atom. The Morgan fingerprint density at radius 1 is 1.53 bits per heavy atom. The highest BCUT2D eigenvalue weighted by Gasteiger charge is 2.32. The van der Waals surface area contributed by atoms with Gasteiger partial charge in [-0.15, -0.1) is 11.6 Å². The zero-order valence-electron chi connectivity index (χ0n) is 10.4. The molecular weight excluding hydrogens is 296 g/mol. The number of halogens is 1. The molecule has 0 radical (unpaired) electrons. The SMILES string of the molecule is COc1ccc([N+](=O)[O-])c(S(=O)(=O)C(C)CCCl)n1. The third-order valence-electron chi connectivity index (χ3n) is 2.54. The highest BCUT2D eigenvalue weighted by Crippen LogP contribution is 2.28. The van der Waals surface area contributed by atoms with Gasteiger partial charge in [-0.25, -0.2) is 8.42 Å². The van der Waals surface area contributed by atoms with Crippen LogP contribution in [0.25, 0.3) is 0 Å². The van der Waals surface area contributed by atoms with Crippen molar-refractivity contribution in [3.8, 4) is 5.88 Å². The van der Waals surface area contributed by atoms with Crippen molar-refractivity contribution in [1.82, 2.24) is 4.98 Å². The standard InChI is InChI=1S/C10H13ClN2O5S/c1-7(5-6-11)19(16,17)10-8(13(14)15)3-4-9(12-10)18-2/h3-4,7H,5-6H2,1-2H3. The molecule has 1 unspecified atom stereocenters. The fraction of sp³-hybridized carbons (Fsp3) is 0.500. The van der Waals surface area contributed by atoms with Crippen LogP contribution in [0, 0.1) is 10.1 Å². The minimum absolute atomic E-state index is 0.00208. The summed E-state index contributed by atoms with van der Waals surface area (Å²) in [5.41, 5.74) is -0.567. The van der Waals surface area contributed by atoms with Crippen molar-refractivity contribution in [2.24, 2.45) is 0 Å². The summed E-state index contributed by atoms with van der Waals surface area (Å²) in [6.07, 6.45) is 0.180. The van der Waals surface area contributed by atoms with Crippen LogP contribution < -0.4 is 4.74 Å². The van der Waals surface area contributed by atoms with E-state index in [4.69, 9.17) is 16.3 Å². The van der Waals surface area contributed by atoms with Crippen LogP contribution in [0.4, 0.5) is 5.69 Å². The quantitative estimate of drug-likeness (QED) is 0.451. The molecule has 0 fully saturated rings. The van der Waals surface area contributed by atoms with Crippen molar-refractivity contribution in [2.75, 3.05) is 13.0 Å². The second-order valence-electron chi connectivity index (χ2n) is 3.77. The van der Waals surface area contributed by atoms with Crippen molar-refractivity contribution >= 4 is 27.1 Å². The molecule has 1 heterocycles. The smallest absolute Gasteiger partial charge is 0.306 e. The molecule has 0 saturated heterocycles. The predicted molar refractivity (Wildman–Crippen MR) is 69.4 cm³/mol. The van der Waals surface area contributed by atoms with Gasteiger partial charge < -0.3 is 4.74 Å². The highest BCUT2D eigenvalue weighted by atomic mass is 35.5. The van der Waals surface area contributed by atoms with Gasteiger partial charge in [0.15, 0.2) is 0 Å². The maximum Gasteiger partial charge on any atom is 0.306 e. The van der Waals surface area contributed by atoms with Crippen molar-refractivity contribution in [2.45, 2.75) is 23.6 Å². The summed E-state index contributed by atoms with van der Waals surface area (Å²) in [5, 5.41) is 9.44. The first kappa shape index (κ1) is 15.6. The Labute approximate surface area is 115 Å². The Balaban J connectivity index is 3.42. The summed E-state index contributed by atoms with van der Waals surface area (Å²) in [7, 11) is -2.63. The van der Waals surface area contributed by atoms with E-state index in [1.165, 1.54) is 20.1 Å². The molecule has 19 heavy (non-hydrogen) atoms. The van der Waals surface area contributed by atoms with Crippen LogP contribution in [0.5, 0.6) is 5.88 Å². The number of hydrogen-bond donors (Lipinski definition) is 0. The Hall–Kier alpha value is -1.41. The van der Waals surface area contributed by atoms with E-state index in [1.807, 2.05) is 0 Å². The molecule has 1 aromatic rings. The number of pyridine rings is 1. The van der Waals surface area contributed by atoms with Crippen LogP contribution in [-0.2, 0) is 9.84 Å². The number of ether oxygens (including phenoxy) is 1. The molecule has 1 aromatic heterocycles. The Morgan fingerprint density at radius 2 is 2.16 bits per heavy atom. The van der Waals surface area contributed by atoms with Gasteiger partial charge in [0, 0.05) is 18.0 Å². The summed E-state index contributed by atoms with van der Waals surface area (Å²) in [6.45, 7) is 1.43. The average Bonchev–Trinajstić information content (AvgIpc) is 2.38. The average molecular weight is 309 g/mol. The van der Waals surface area contributed by atoms with E-state index in [2.05, 4.69) is 4.98 Å². The van der Waals surface area contributed by atoms with Crippen LogP contribution in [0.1, 0.15) is 13.3 Å². The fourth-order valence-corrected chi connectivity index (χ4v) is 3.29. The van der Waals surface area contributed by atoms with Gasteiger partial charge in [-0.05, 0) is 13.3 Å². The summed E-state index contributed by atoms with van der Waals surface area (Å²) in [4.78, 5) is 13.8. The molecule has 106 valence electrons. The topological polar surface area (TPSA) is 99.4 Å². The van der Waals surface area contributed by atoms with E-state index in [0.29, 0.717) is 0 Å². The van der Waals surface area contributed by atoms with Crippen molar-refractivity contribution in [3.63, 3.8) is 0 Å². The Kier molecular flexibility index (Phi) is 5.07. The van der Waals surface area contributed by atoms with Gasteiger partial charge in [-0.3, -0.25) is 10.1 Å². The van der Waals surface area contributed by atoms with Crippen molar-refractivity contribution in [3.05, 3.63) is 22.2 Å². The minimum Gasteiger partial charge on any atom is -0.481 e. The number of nitro groups is 1. The number of nitrogens with zero attached hydrogens (tertiary/aromatic N) is 2. The third kappa shape index (κ3) is 3.32. The van der Waals surface area contributed by atoms with Gasteiger partial charge in [-0.2, -0.15) is 4.98 Å². The highest BCUT2D eigenvalue weighted by molar-refractivity contribution is 7.92. The maximum absolute atomic E-state index is 12.2. The van der Waals surface area contributed by atoms with E-state index < -0.39 is 30.7 Å². The zero-order chi connectivity index (χ0) is 14.6. The van der Waals surface area contributed by atoms with Gasteiger partial charge in [0.1, 0.15) is 0 Å². The lowest BCUT2D eigenvalue weighted by Gasteiger charge is -2.11. The first-order valence-electron chi connectivity index (χ1n) is 5.34. The van der Waals surface area contributed by atoms with Crippen LogP contribution >= 0.6 is 11.6 Å². The summed E-state index contributed by atoms with van der Waals surface area (Å²) in [6, 6.07) is 2.30. The minimum atomic E-state index is -3.93. The molecule has 9 heteroatoms. The van der Waals surface area contributed by atoms with Gasteiger partial charge >= 0.3 is 5.69 Å². The third-order valence-corrected chi connectivity index (χ3v) is 4.89. The van der Waals surface area contributed by atoms with Crippen LogP contribution in [0.2, 0.25) is 0 Å². The number of aromatic nitrogens is 1. The lowest BCUT2D eigenvalue weighted by atomic mass is 10.4. The van der Waals surface area contributed by atoms with Gasteiger partial charge in [0.05, 0.1) is 17.3 Å². The largest absolute Gasteiger partial charge is 0.481 e. The van der Waals surface area contributed by atoms with Crippen LogP contribution in [0.15, 0.2) is 17.2 Å². The van der Waals surface area contributed by atoms with E-state index in [-0.39, 0.29) is 18.2 Å². The molecule has 7 nitrogen and oxygen atoms in total. The molecule has 0 amide bonds. The maximum atomic E-state index is 12.2. The molecule has 0 aliphatic rings. The number of sulfone groups is 1. The molecule has 0 aliphatic heterocycles. The monoisotopic (exact) mass is 308 g/mol. The molecule has 0 saturated carbocycles. The number of methoxy groups -OCH3 is 1. The first-order chi connectivity index (χ1) is 8.84. The molecule has 0 N–H and O–H groups in total. The molecule has 0 aliphatic carbocycles. The Bertz CT molecular complexity index is 575. The number of alkyl halides is 1. The van der Waals surface area contributed by atoms with Crippen LogP contribution in [0.3, 0.4) is 0 Å². The van der Waals surface area contributed by atoms with Crippen molar-refractivity contribution < 1.29 is 18.1 Å². The molecule has 0 spiro atoms. The lowest BCUT2D eigenvalue weighted by Crippen LogP contribution is -2.21. The first-order valence-corrected chi connectivity index (χ1v) is 7.42. The van der Waals surface area contributed by atoms with E-state index in [1.54, 1.807) is 0 Å². The van der Waals surface area contributed by atoms with Crippen molar-refractivity contribution in [1.29, 1.82) is 0 Å². The molecule has 0 aromatic carbocycles. The normalized spacial score (nSPS) is 13.0. The molecule has 1 atom stereocenters. The number of rotatable bonds is 6. The summed E-state index contributed by atoms with van der Waals surface area (Å²) in [5.74, 6) is 0.139. The van der Waals surface area contributed by atoms with Gasteiger partial charge in [0.25, 0.3) is 0 Å². The predicted octanol–water partition coefficient (Wildman–Crippen LogP) is 1.79. The van der Waals surface area contributed by atoms with Gasteiger partial charge in [0.2, 0.25) is 20.7 Å². The lowest BCUT2D eigenvalue weighted by molar-refractivity contribution is -0.388. The molecule has 0 bridgehead atoms. The second kappa shape index (κ2) is 6.16. The van der Waals surface area contributed by atoms with E-state index >= 15 is 0 Å².